The molecule has 1 aliphatic rings. The highest BCUT2D eigenvalue weighted by Crippen LogP contribution is 2.29. The molecule has 144 valence electrons. The summed E-state index contributed by atoms with van der Waals surface area (Å²) in [5.74, 6) is 1.66. The summed E-state index contributed by atoms with van der Waals surface area (Å²) in [7, 11) is 0. The molecule has 0 aliphatic carbocycles. The van der Waals surface area contributed by atoms with Gasteiger partial charge in [-0.2, -0.15) is 0 Å². The van der Waals surface area contributed by atoms with Gasteiger partial charge in [-0.25, -0.2) is 0 Å². The van der Waals surface area contributed by atoms with Crippen LogP contribution in [0.2, 0.25) is 0 Å². The lowest BCUT2D eigenvalue weighted by atomic mass is 10.2. The van der Waals surface area contributed by atoms with Crippen molar-refractivity contribution in [2.45, 2.75) is 26.9 Å². The Kier molecular flexibility index (Phi) is 6.22. The van der Waals surface area contributed by atoms with Crippen molar-refractivity contribution >= 4 is 11.6 Å². The summed E-state index contributed by atoms with van der Waals surface area (Å²) in [6, 6.07) is 15.8. The summed E-state index contributed by atoms with van der Waals surface area (Å²) in [6.45, 7) is 9.11. The van der Waals surface area contributed by atoms with E-state index in [1.54, 1.807) is 0 Å². The number of ether oxygens (including phenoxy) is 2. The summed E-state index contributed by atoms with van der Waals surface area (Å²) >= 11 is 0. The number of para-hydroxylation sites is 2. The fourth-order valence-corrected chi connectivity index (χ4v) is 3.14. The lowest BCUT2D eigenvalue weighted by molar-refractivity contribution is -0.133. The zero-order valence-electron chi connectivity index (χ0n) is 16.4. The minimum atomic E-state index is 0.0296. The highest BCUT2D eigenvalue weighted by molar-refractivity contribution is 5.78. The van der Waals surface area contributed by atoms with E-state index in [4.69, 9.17) is 9.47 Å². The number of nitrogens with zero attached hydrogens (tertiary/aromatic N) is 2. The molecule has 0 N–H and O–H groups in total. The quantitative estimate of drug-likeness (QED) is 0.783. The van der Waals surface area contributed by atoms with Crippen LogP contribution in [-0.4, -0.2) is 49.7 Å². The van der Waals surface area contributed by atoms with Crippen LogP contribution >= 0.6 is 0 Å². The van der Waals surface area contributed by atoms with Gasteiger partial charge in [-0.05, 0) is 45.0 Å². The second-order valence-electron chi connectivity index (χ2n) is 7.10. The minimum absolute atomic E-state index is 0.0296. The predicted octanol–water partition coefficient (Wildman–Crippen LogP) is 3.51. The molecule has 2 aromatic carbocycles. The Balaban J connectivity index is 1.53. The van der Waals surface area contributed by atoms with E-state index in [9.17, 15) is 4.79 Å². The van der Waals surface area contributed by atoms with E-state index in [0.717, 1.165) is 30.3 Å². The van der Waals surface area contributed by atoms with Crippen LogP contribution in [0.15, 0.2) is 48.5 Å². The SMILES string of the molecule is Cc1ccc(OCC(=O)N2CCN(c3ccccc3OC(C)C)CC2)cc1. The molecular weight excluding hydrogens is 340 g/mol. The molecule has 3 rings (SSSR count). The smallest absolute Gasteiger partial charge is 0.260 e. The molecule has 1 amide bonds. The third kappa shape index (κ3) is 5.16. The van der Waals surface area contributed by atoms with Crippen molar-refractivity contribution in [1.29, 1.82) is 0 Å². The number of benzene rings is 2. The number of hydrogen-bond acceptors (Lipinski definition) is 4. The zero-order chi connectivity index (χ0) is 19.2. The molecular formula is C22H28N2O3. The van der Waals surface area contributed by atoms with Gasteiger partial charge in [0.25, 0.3) is 5.91 Å². The van der Waals surface area contributed by atoms with E-state index < -0.39 is 0 Å². The minimum Gasteiger partial charge on any atom is -0.489 e. The summed E-state index contributed by atoms with van der Waals surface area (Å²) in [5, 5.41) is 0. The van der Waals surface area contributed by atoms with Crippen LogP contribution in [0.4, 0.5) is 5.69 Å². The van der Waals surface area contributed by atoms with Crippen molar-refractivity contribution in [1.82, 2.24) is 4.90 Å². The number of carbonyl (C=O) groups excluding carboxylic acids is 1. The lowest BCUT2D eigenvalue weighted by Gasteiger charge is -2.36. The molecule has 1 fully saturated rings. The van der Waals surface area contributed by atoms with E-state index in [-0.39, 0.29) is 18.6 Å². The molecule has 1 heterocycles. The zero-order valence-corrected chi connectivity index (χ0v) is 16.4. The van der Waals surface area contributed by atoms with Crippen LogP contribution in [0.1, 0.15) is 19.4 Å². The van der Waals surface area contributed by atoms with Crippen LogP contribution in [0, 0.1) is 6.92 Å². The number of hydrogen-bond donors (Lipinski definition) is 0. The topological polar surface area (TPSA) is 42.0 Å². The maximum Gasteiger partial charge on any atom is 0.260 e. The molecule has 0 saturated carbocycles. The van der Waals surface area contributed by atoms with Crippen LogP contribution in [-0.2, 0) is 4.79 Å². The van der Waals surface area contributed by atoms with Crippen molar-refractivity contribution in [2.24, 2.45) is 0 Å². The first-order valence-electron chi connectivity index (χ1n) is 9.51. The molecule has 5 nitrogen and oxygen atoms in total. The maximum absolute atomic E-state index is 12.5. The van der Waals surface area contributed by atoms with Gasteiger partial charge < -0.3 is 19.3 Å². The third-order valence-electron chi connectivity index (χ3n) is 4.58. The Hall–Kier alpha value is -2.69. The third-order valence-corrected chi connectivity index (χ3v) is 4.58. The normalized spacial score (nSPS) is 14.4. The Morgan fingerprint density at radius 2 is 1.67 bits per heavy atom. The predicted molar refractivity (Wildman–Crippen MR) is 108 cm³/mol. The van der Waals surface area contributed by atoms with Crippen molar-refractivity contribution in [3.8, 4) is 11.5 Å². The summed E-state index contributed by atoms with van der Waals surface area (Å²) in [5.41, 5.74) is 2.26. The molecule has 0 spiro atoms. The molecule has 0 atom stereocenters. The Morgan fingerprint density at radius 1 is 1.00 bits per heavy atom. The molecule has 27 heavy (non-hydrogen) atoms. The van der Waals surface area contributed by atoms with Crippen LogP contribution in [0.25, 0.3) is 0 Å². The van der Waals surface area contributed by atoms with Crippen LogP contribution in [0.5, 0.6) is 11.5 Å². The molecule has 0 unspecified atom stereocenters. The standard InChI is InChI=1S/C22H28N2O3/c1-17(2)27-21-7-5-4-6-20(21)23-12-14-24(15-13-23)22(25)16-26-19-10-8-18(3)9-11-19/h4-11,17H,12-16H2,1-3H3. The van der Waals surface area contributed by atoms with Gasteiger partial charge in [-0.15, -0.1) is 0 Å². The van der Waals surface area contributed by atoms with E-state index in [0.29, 0.717) is 13.1 Å². The Labute approximate surface area is 161 Å². The van der Waals surface area contributed by atoms with Crippen molar-refractivity contribution < 1.29 is 14.3 Å². The number of amides is 1. The second kappa shape index (κ2) is 8.80. The van der Waals surface area contributed by atoms with E-state index >= 15 is 0 Å². The van der Waals surface area contributed by atoms with E-state index in [2.05, 4.69) is 11.0 Å². The molecule has 5 heteroatoms. The number of piperazine rings is 1. The Morgan fingerprint density at radius 3 is 2.33 bits per heavy atom. The Bertz CT molecular complexity index is 750. The van der Waals surface area contributed by atoms with Gasteiger partial charge in [0.05, 0.1) is 11.8 Å². The second-order valence-corrected chi connectivity index (χ2v) is 7.10. The van der Waals surface area contributed by atoms with Gasteiger partial charge in [-0.1, -0.05) is 29.8 Å². The number of anilines is 1. The number of carbonyl (C=O) groups is 1. The summed E-state index contributed by atoms with van der Waals surface area (Å²) < 4.78 is 11.6. The molecule has 0 bridgehead atoms. The summed E-state index contributed by atoms with van der Waals surface area (Å²) in [4.78, 5) is 16.6. The number of aryl methyl sites for hydroxylation is 1. The van der Waals surface area contributed by atoms with Crippen molar-refractivity contribution in [2.75, 3.05) is 37.7 Å². The average Bonchev–Trinajstić information content (AvgIpc) is 2.67. The van der Waals surface area contributed by atoms with Gasteiger partial charge in [-0.3, -0.25) is 4.79 Å². The van der Waals surface area contributed by atoms with Crippen molar-refractivity contribution in [3.05, 3.63) is 54.1 Å². The van der Waals surface area contributed by atoms with Crippen molar-refractivity contribution in [3.63, 3.8) is 0 Å². The fraction of sp³-hybridized carbons (Fsp3) is 0.409. The molecule has 2 aromatic rings. The monoisotopic (exact) mass is 368 g/mol. The van der Waals surface area contributed by atoms with Gasteiger partial charge in [0.2, 0.25) is 0 Å². The average molecular weight is 368 g/mol. The lowest BCUT2D eigenvalue weighted by Crippen LogP contribution is -2.50. The first-order valence-corrected chi connectivity index (χ1v) is 9.51. The van der Waals surface area contributed by atoms with Gasteiger partial charge in [0.15, 0.2) is 6.61 Å². The van der Waals surface area contributed by atoms with Crippen LogP contribution in [0.3, 0.4) is 0 Å². The molecule has 1 aliphatic heterocycles. The van der Waals surface area contributed by atoms with E-state index in [1.807, 2.05) is 68.1 Å². The molecule has 0 radical (unpaired) electrons. The van der Waals surface area contributed by atoms with Gasteiger partial charge in [0.1, 0.15) is 11.5 Å². The summed E-state index contributed by atoms with van der Waals surface area (Å²) in [6.07, 6.45) is 0.132. The van der Waals surface area contributed by atoms with Gasteiger partial charge in [0, 0.05) is 26.2 Å². The largest absolute Gasteiger partial charge is 0.489 e. The van der Waals surface area contributed by atoms with Crippen LogP contribution < -0.4 is 14.4 Å². The first-order chi connectivity index (χ1) is 13.0. The van der Waals surface area contributed by atoms with Gasteiger partial charge >= 0.3 is 0 Å². The number of rotatable bonds is 6. The molecule has 1 saturated heterocycles. The highest BCUT2D eigenvalue weighted by atomic mass is 16.5. The van der Waals surface area contributed by atoms with E-state index in [1.165, 1.54) is 5.56 Å². The maximum atomic E-state index is 12.5. The first kappa shape index (κ1) is 19.1. The highest BCUT2D eigenvalue weighted by Gasteiger charge is 2.23. The molecule has 0 aromatic heterocycles. The fourth-order valence-electron chi connectivity index (χ4n) is 3.14.